The van der Waals surface area contributed by atoms with Crippen LogP contribution in [0.1, 0.15) is 40.0 Å². The van der Waals surface area contributed by atoms with Crippen molar-refractivity contribution in [3.63, 3.8) is 0 Å². The molecule has 100 valence electrons. The van der Waals surface area contributed by atoms with Gasteiger partial charge in [-0.1, -0.05) is 13.8 Å². The molecule has 2 unspecified atom stereocenters. The standard InChI is InChI=1S/C13H26N2O2/c1-5-13(6-2)10(8-11(13)17-7-3)15-12(16)9-14-4/h10-11,14H,5-9H2,1-4H3,(H,15,16). The lowest BCUT2D eigenvalue weighted by atomic mass is 9.58. The smallest absolute Gasteiger partial charge is 0.234 e. The molecular weight excluding hydrogens is 216 g/mol. The summed E-state index contributed by atoms with van der Waals surface area (Å²) >= 11 is 0. The van der Waals surface area contributed by atoms with E-state index in [2.05, 4.69) is 24.5 Å². The van der Waals surface area contributed by atoms with Crippen LogP contribution in [0.15, 0.2) is 0 Å². The Morgan fingerprint density at radius 3 is 2.47 bits per heavy atom. The summed E-state index contributed by atoms with van der Waals surface area (Å²) in [5.41, 5.74) is 0.138. The van der Waals surface area contributed by atoms with Crippen LogP contribution in [0.5, 0.6) is 0 Å². The largest absolute Gasteiger partial charge is 0.378 e. The fraction of sp³-hybridized carbons (Fsp3) is 0.923. The lowest BCUT2D eigenvalue weighted by Gasteiger charge is -2.55. The molecule has 4 heteroatoms. The normalized spacial score (nSPS) is 26.4. The second-order valence-electron chi connectivity index (χ2n) is 4.77. The van der Waals surface area contributed by atoms with Gasteiger partial charge in [0.05, 0.1) is 12.6 Å². The van der Waals surface area contributed by atoms with Gasteiger partial charge in [0.2, 0.25) is 5.91 Å². The summed E-state index contributed by atoms with van der Waals surface area (Å²) in [4.78, 5) is 11.6. The van der Waals surface area contributed by atoms with E-state index in [0.717, 1.165) is 25.9 Å². The third kappa shape index (κ3) is 2.80. The number of ether oxygens (including phenoxy) is 1. The van der Waals surface area contributed by atoms with Crippen molar-refractivity contribution in [3.05, 3.63) is 0 Å². The van der Waals surface area contributed by atoms with Crippen molar-refractivity contribution in [2.45, 2.75) is 52.2 Å². The van der Waals surface area contributed by atoms with E-state index in [9.17, 15) is 4.79 Å². The molecule has 0 heterocycles. The highest BCUT2D eigenvalue weighted by atomic mass is 16.5. The monoisotopic (exact) mass is 242 g/mol. The maximum absolute atomic E-state index is 11.6. The molecule has 1 saturated carbocycles. The van der Waals surface area contributed by atoms with Crippen LogP contribution in [0.3, 0.4) is 0 Å². The molecule has 4 nitrogen and oxygen atoms in total. The number of carbonyl (C=O) groups is 1. The minimum absolute atomic E-state index is 0.0822. The van der Waals surface area contributed by atoms with Gasteiger partial charge in [-0.15, -0.1) is 0 Å². The van der Waals surface area contributed by atoms with Crippen molar-refractivity contribution in [2.24, 2.45) is 5.41 Å². The predicted octanol–water partition coefficient (Wildman–Crippen LogP) is 1.31. The molecule has 1 amide bonds. The molecule has 2 N–H and O–H groups in total. The van der Waals surface area contributed by atoms with E-state index in [0.29, 0.717) is 12.6 Å². The van der Waals surface area contributed by atoms with Crippen molar-refractivity contribution in [1.82, 2.24) is 10.6 Å². The minimum Gasteiger partial charge on any atom is -0.378 e. The predicted molar refractivity (Wildman–Crippen MR) is 68.9 cm³/mol. The van der Waals surface area contributed by atoms with Gasteiger partial charge in [0.1, 0.15) is 0 Å². The lowest BCUT2D eigenvalue weighted by Crippen LogP contribution is -2.65. The minimum atomic E-state index is 0.0822. The zero-order valence-corrected chi connectivity index (χ0v) is 11.5. The van der Waals surface area contributed by atoms with Crippen molar-refractivity contribution < 1.29 is 9.53 Å². The van der Waals surface area contributed by atoms with Gasteiger partial charge in [0.25, 0.3) is 0 Å². The summed E-state index contributed by atoms with van der Waals surface area (Å²) in [6, 6.07) is 0.273. The van der Waals surface area contributed by atoms with Crippen molar-refractivity contribution >= 4 is 5.91 Å². The number of carbonyl (C=O) groups excluding carboxylic acids is 1. The van der Waals surface area contributed by atoms with E-state index in [1.165, 1.54) is 0 Å². The zero-order chi connectivity index (χ0) is 12.9. The molecule has 17 heavy (non-hydrogen) atoms. The van der Waals surface area contributed by atoms with Gasteiger partial charge in [-0.25, -0.2) is 0 Å². The summed E-state index contributed by atoms with van der Waals surface area (Å²) in [6.07, 6.45) is 3.37. The Labute approximate surface area is 104 Å². The number of likely N-dealkylation sites (N-methyl/N-ethyl adjacent to an activating group) is 1. The molecule has 0 aromatic heterocycles. The quantitative estimate of drug-likeness (QED) is 0.707. The molecule has 0 aromatic carbocycles. The van der Waals surface area contributed by atoms with Crippen LogP contribution < -0.4 is 10.6 Å². The van der Waals surface area contributed by atoms with Crippen LogP contribution in [0.2, 0.25) is 0 Å². The molecule has 0 aromatic rings. The highest BCUT2D eigenvalue weighted by Gasteiger charge is 2.53. The summed E-state index contributed by atoms with van der Waals surface area (Å²) < 4.78 is 5.78. The van der Waals surface area contributed by atoms with E-state index in [4.69, 9.17) is 4.74 Å². The molecule has 1 aliphatic rings. The van der Waals surface area contributed by atoms with Gasteiger partial charge in [0.15, 0.2) is 0 Å². The summed E-state index contributed by atoms with van der Waals surface area (Å²) in [7, 11) is 1.79. The van der Waals surface area contributed by atoms with Gasteiger partial charge >= 0.3 is 0 Å². The molecule has 0 saturated heterocycles. The van der Waals surface area contributed by atoms with Crippen LogP contribution in [0.4, 0.5) is 0 Å². The van der Waals surface area contributed by atoms with E-state index >= 15 is 0 Å². The van der Waals surface area contributed by atoms with Gasteiger partial charge < -0.3 is 15.4 Å². The number of amides is 1. The fourth-order valence-electron chi connectivity index (χ4n) is 2.99. The number of hydrogen-bond acceptors (Lipinski definition) is 3. The number of rotatable bonds is 7. The number of hydrogen-bond donors (Lipinski definition) is 2. The molecule has 0 bridgehead atoms. The molecule has 0 spiro atoms. The molecule has 0 aliphatic heterocycles. The highest BCUT2D eigenvalue weighted by Crippen LogP contribution is 2.48. The Morgan fingerprint density at radius 1 is 1.35 bits per heavy atom. The van der Waals surface area contributed by atoms with Crippen LogP contribution in [0, 0.1) is 5.41 Å². The third-order valence-electron chi connectivity index (χ3n) is 4.14. The van der Waals surface area contributed by atoms with E-state index in [-0.39, 0.29) is 17.4 Å². The Morgan fingerprint density at radius 2 is 2.00 bits per heavy atom. The van der Waals surface area contributed by atoms with Crippen molar-refractivity contribution in [1.29, 1.82) is 0 Å². The zero-order valence-electron chi connectivity index (χ0n) is 11.5. The Bertz CT molecular complexity index is 252. The van der Waals surface area contributed by atoms with Crippen LogP contribution in [0.25, 0.3) is 0 Å². The fourth-order valence-corrected chi connectivity index (χ4v) is 2.99. The summed E-state index contributed by atoms with van der Waals surface area (Å²) in [6.45, 7) is 7.55. The first-order valence-electron chi connectivity index (χ1n) is 6.70. The maximum atomic E-state index is 11.6. The molecule has 1 aliphatic carbocycles. The average molecular weight is 242 g/mol. The van der Waals surface area contributed by atoms with Crippen molar-refractivity contribution in [2.75, 3.05) is 20.2 Å². The second-order valence-corrected chi connectivity index (χ2v) is 4.77. The highest BCUT2D eigenvalue weighted by molar-refractivity contribution is 5.78. The van der Waals surface area contributed by atoms with Crippen LogP contribution >= 0.6 is 0 Å². The molecule has 0 radical (unpaired) electrons. The van der Waals surface area contributed by atoms with E-state index in [1.807, 2.05) is 6.92 Å². The molecular formula is C13H26N2O2. The first-order chi connectivity index (χ1) is 8.14. The topological polar surface area (TPSA) is 50.4 Å². The Kier molecular flexibility index (Phi) is 5.40. The van der Waals surface area contributed by atoms with Gasteiger partial charge in [0, 0.05) is 18.1 Å². The Balaban J connectivity index is 2.59. The molecule has 1 fully saturated rings. The average Bonchev–Trinajstić information content (AvgIpc) is 2.30. The molecule has 1 rings (SSSR count). The van der Waals surface area contributed by atoms with Crippen molar-refractivity contribution in [3.8, 4) is 0 Å². The first-order valence-corrected chi connectivity index (χ1v) is 6.70. The maximum Gasteiger partial charge on any atom is 0.234 e. The van der Waals surface area contributed by atoms with Crippen LogP contribution in [-0.4, -0.2) is 38.3 Å². The van der Waals surface area contributed by atoms with E-state index < -0.39 is 0 Å². The second kappa shape index (κ2) is 6.36. The molecule has 2 atom stereocenters. The van der Waals surface area contributed by atoms with Gasteiger partial charge in [-0.05, 0) is 33.2 Å². The van der Waals surface area contributed by atoms with Crippen LogP contribution in [-0.2, 0) is 9.53 Å². The Hall–Kier alpha value is -0.610. The first kappa shape index (κ1) is 14.5. The lowest BCUT2D eigenvalue weighted by molar-refractivity contribution is -0.148. The summed E-state index contributed by atoms with van der Waals surface area (Å²) in [5, 5.41) is 5.99. The number of nitrogens with one attached hydrogen (secondary N) is 2. The SMILES string of the molecule is CCOC1CC(NC(=O)CNC)C1(CC)CC. The summed E-state index contributed by atoms with van der Waals surface area (Å²) in [5.74, 6) is 0.0822. The van der Waals surface area contributed by atoms with Gasteiger partial charge in [-0.2, -0.15) is 0 Å². The van der Waals surface area contributed by atoms with Gasteiger partial charge in [-0.3, -0.25) is 4.79 Å². The third-order valence-corrected chi connectivity index (χ3v) is 4.14. The van der Waals surface area contributed by atoms with E-state index in [1.54, 1.807) is 7.05 Å².